The Bertz CT molecular complexity index is 554. The summed E-state index contributed by atoms with van der Waals surface area (Å²) in [5.41, 5.74) is 9.82. The Morgan fingerprint density at radius 2 is 1.89 bits per heavy atom. The zero-order valence-electron chi connectivity index (χ0n) is 10.3. The summed E-state index contributed by atoms with van der Waals surface area (Å²) in [6.07, 6.45) is 0. The average Bonchev–Trinajstić information content (AvgIpc) is 2.36. The van der Waals surface area contributed by atoms with Gasteiger partial charge in [0.15, 0.2) is 0 Å². The van der Waals surface area contributed by atoms with Crippen molar-refractivity contribution in [2.24, 2.45) is 0 Å². The van der Waals surface area contributed by atoms with Gasteiger partial charge in [0, 0.05) is 22.9 Å². The fourth-order valence-electron chi connectivity index (χ4n) is 2.14. The van der Waals surface area contributed by atoms with Crippen molar-refractivity contribution in [3.8, 4) is 5.75 Å². The Kier molecular flexibility index (Phi) is 3.82. The molecule has 0 amide bonds. The smallest absolute Gasteiger partial charge is 0.119 e. The van der Waals surface area contributed by atoms with Gasteiger partial charge in [-0.25, -0.2) is 0 Å². The van der Waals surface area contributed by atoms with Crippen LogP contribution in [0.15, 0.2) is 42.5 Å². The van der Waals surface area contributed by atoms with Crippen molar-refractivity contribution >= 4 is 18.3 Å². The summed E-state index contributed by atoms with van der Waals surface area (Å²) in [7, 11) is 0. The predicted molar refractivity (Wildman–Crippen MR) is 79.4 cm³/mol. The molecule has 3 N–H and O–H groups in total. The standard InChI is InChI=1S/C15H17NOS/c1-10-6-7-14(16)12(8-10)13(9-18)11-4-2-3-5-15(11)17/h2-8,13,17-18H,9,16H2,1H3. The minimum atomic E-state index is 0.00873. The molecule has 3 heteroatoms. The van der Waals surface area contributed by atoms with Crippen LogP contribution in [0.1, 0.15) is 22.6 Å². The summed E-state index contributed by atoms with van der Waals surface area (Å²) in [4.78, 5) is 0. The number of benzene rings is 2. The molecule has 0 radical (unpaired) electrons. The lowest BCUT2D eigenvalue weighted by molar-refractivity contribution is 0.466. The summed E-state index contributed by atoms with van der Waals surface area (Å²) in [5.74, 6) is 0.900. The van der Waals surface area contributed by atoms with Crippen LogP contribution in [0.25, 0.3) is 0 Å². The molecule has 2 aromatic rings. The maximum absolute atomic E-state index is 9.96. The SMILES string of the molecule is Cc1ccc(N)c(C(CS)c2ccccc2O)c1. The highest BCUT2D eigenvalue weighted by atomic mass is 32.1. The van der Waals surface area contributed by atoms with Crippen LogP contribution in [0.5, 0.6) is 5.75 Å². The van der Waals surface area contributed by atoms with Crippen LogP contribution < -0.4 is 5.73 Å². The summed E-state index contributed by atoms with van der Waals surface area (Å²) >= 11 is 4.40. The van der Waals surface area contributed by atoms with Crippen LogP contribution in [0, 0.1) is 6.92 Å². The van der Waals surface area contributed by atoms with Crippen molar-refractivity contribution in [2.75, 3.05) is 11.5 Å². The lowest BCUT2D eigenvalue weighted by atomic mass is 9.90. The molecule has 0 saturated carbocycles. The van der Waals surface area contributed by atoms with Crippen molar-refractivity contribution in [1.82, 2.24) is 0 Å². The quantitative estimate of drug-likeness (QED) is 0.585. The molecule has 0 aliphatic heterocycles. The molecule has 0 saturated heterocycles. The molecule has 2 rings (SSSR count). The maximum Gasteiger partial charge on any atom is 0.119 e. The van der Waals surface area contributed by atoms with E-state index < -0.39 is 0 Å². The number of para-hydroxylation sites is 1. The minimum absolute atomic E-state index is 0.00873. The number of aromatic hydroxyl groups is 1. The van der Waals surface area contributed by atoms with Crippen molar-refractivity contribution in [1.29, 1.82) is 0 Å². The fraction of sp³-hybridized carbons (Fsp3) is 0.200. The number of hydrogen-bond acceptors (Lipinski definition) is 3. The number of aryl methyl sites for hydroxylation is 1. The third-order valence-electron chi connectivity index (χ3n) is 3.11. The zero-order chi connectivity index (χ0) is 13.1. The van der Waals surface area contributed by atoms with Gasteiger partial charge in [-0.05, 0) is 24.6 Å². The Balaban J connectivity index is 2.52. The van der Waals surface area contributed by atoms with E-state index in [0.29, 0.717) is 5.75 Å². The van der Waals surface area contributed by atoms with E-state index in [9.17, 15) is 5.11 Å². The molecule has 2 nitrogen and oxygen atoms in total. The van der Waals surface area contributed by atoms with Crippen molar-refractivity contribution in [2.45, 2.75) is 12.8 Å². The number of nitrogens with two attached hydrogens (primary N) is 1. The van der Waals surface area contributed by atoms with Crippen LogP contribution in [0.3, 0.4) is 0 Å². The third-order valence-corrected chi connectivity index (χ3v) is 3.48. The second-order valence-electron chi connectivity index (χ2n) is 4.43. The van der Waals surface area contributed by atoms with Crippen LogP contribution in [0.4, 0.5) is 5.69 Å². The minimum Gasteiger partial charge on any atom is -0.508 e. The van der Waals surface area contributed by atoms with Crippen LogP contribution in [-0.2, 0) is 0 Å². The maximum atomic E-state index is 9.96. The first-order valence-corrected chi connectivity index (χ1v) is 6.51. The first kappa shape index (κ1) is 12.8. The molecule has 18 heavy (non-hydrogen) atoms. The number of anilines is 1. The highest BCUT2D eigenvalue weighted by Gasteiger charge is 2.18. The van der Waals surface area contributed by atoms with Gasteiger partial charge >= 0.3 is 0 Å². The van der Waals surface area contributed by atoms with E-state index in [1.165, 1.54) is 0 Å². The molecule has 2 aromatic carbocycles. The van der Waals surface area contributed by atoms with E-state index in [0.717, 1.165) is 22.4 Å². The second kappa shape index (κ2) is 5.36. The van der Waals surface area contributed by atoms with Crippen molar-refractivity contribution in [3.63, 3.8) is 0 Å². The molecule has 1 atom stereocenters. The number of phenolic OH excluding ortho intramolecular Hbond substituents is 1. The van der Waals surface area contributed by atoms with E-state index in [1.54, 1.807) is 6.07 Å². The number of phenols is 1. The van der Waals surface area contributed by atoms with Crippen molar-refractivity contribution in [3.05, 3.63) is 59.2 Å². The highest BCUT2D eigenvalue weighted by molar-refractivity contribution is 7.80. The monoisotopic (exact) mass is 259 g/mol. The van der Waals surface area contributed by atoms with E-state index >= 15 is 0 Å². The molecule has 0 heterocycles. The van der Waals surface area contributed by atoms with Crippen LogP contribution in [-0.4, -0.2) is 10.9 Å². The molecule has 0 spiro atoms. The Morgan fingerprint density at radius 3 is 2.56 bits per heavy atom. The van der Waals surface area contributed by atoms with Crippen molar-refractivity contribution < 1.29 is 5.11 Å². The van der Waals surface area contributed by atoms with Gasteiger partial charge in [-0.3, -0.25) is 0 Å². The third kappa shape index (κ3) is 2.46. The Labute approximate surface area is 113 Å². The van der Waals surface area contributed by atoms with Crippen LogP contribution >= 0.6 is 12.6 Å². The molecule has 1 unspecified atom stereocenters. The average molecular weight is 259 g/mol. The largest absolute Gasteiger partial charge is 0.508 e. The fourth-order valence-corrected chi connectivity index (χ4v) is 2.54. The van der Waals surface area contributed by atoms with E-state index in [1.807, 2.05) is 37.3 Å². The Morgan fingerprint density at radius 1 is 1.17 bits per heavy atom. The van der Waals surface area contributed by atoms with Gasteiger partial charge in [0.1, 0.15) is 5.75 Å². The first-order chi connectivity index (χ1) is 8.63. The van der Waals surface area contributed by atoms with E-state index in [4.69, 9.17) is 5.73 Å². The number of nitrogen functional groups attached to an aromatic ring is 1. The molecule has 0 fully saturated rings. The molecular weight excluding hydrogens is 242 g/mol. The first-order valence-electron chi connectivity index (χ1n) is 5.88. The molecule has 0 aromatic heterocycles. The van der Waals surface area contributed by atoms with Gasteiger partial charge in [-0.1, -0.05) is 35.9 Å². The zero-order valence-corrected chi connectivity index (χ0v) is 11.2. The topological polar surface area (TPSA) is 46.2 Å². The summed E-state index contributed by atoms with van der Waals surface area (Å²) in [6.45, 7) is 2.03. The lowest BCUT2D eigenvalue weighted by Crippen LogP contribution is -2.07. The molecule has 0 aliphatic carbocycles. The summed E-state index contributed by atoms with van der Waals surface area (Å²) < 4.78 is 0. The normalized spacial score (nSPS) is 12.3. The number of rotatable bonds is 3. The van der Waals surface area contributed by atoms with Gasteiger partial charge in [-0.15, -0.1) is 0 Å². The lowest BCUT2D eigenvalue weighted by Gasteiger charge is -2.19. The molecular formula is C15H17NOS. The predicted octanol–water partition coefficient (Wildman–Crippen LogP) is 3.34. The van der Waals surface area contributed by atoms with Gasteiger partial charge in [0.25, 0.3) is 0 Å². The van der Waals surface area contributed by atoms with Gasteiger partial charge < -0.3 is 10.8 Å². The number of thiol groups is 1. The van der Waals surface area contributed by atoms with Gasteiger partial charge in [0.05, 0.1) is 0 Å². The molecule has 94 valence electrons. The van der Waals surface area contributed by atoms with E-state index in [2.05, 4.69) is 18.7 Å². The summed E-state index contributed by atoms with van der Waals surface area (Å²) in [6, 6.07) is 13.3. The molecule has 0 bridgehead atoms. The van der Waals surface area contributed by atoms with Crippen LogP contribution in [0.2, 0.25) is 0 Å². The second-order valence-corrected chi connectivity index (χ2v) is 4.79. The van der Waals surface area contributed by atoms with E-state index in [-0.39, 0.29) is 11.7 Å². The van der Waals surface area contributed by atoms with Gasteiger partial charge in [0.2, 0.25) is 0 Å². The Hall–Kier alpha value is -1.61. The summed E-state index contributed by atoms with van der Waals surface area (Å²) in [5, 5.41) is 9.96. The highest BCUT2D eigenvalue weighted by Crippen LogP contribution is 2.35. The number of hydrogen-bond donors (Lipinski definition) is 3. The molecule has 0 aliphatic rings. The van der Waals surface area contributed by atoms with Gasteiger partial charge in [-0.2, -0.15) is 12.6 Å².